The van der Waals surface area contributed by atoms with Gasteiger partial charge in [-0.1, -0.05) is 67.0 Å². The number of aromatic nitrogens is 1. The van der Waals surface area contributed by atoms with Crippen molar-refractivity contribution in [2.75, 3.05) is 5.73 Å². The maximum atomic E-state index is 6.26. The Balaban J connectivity index is 2.14. The zero-order chi connectivity index (χ0) is 15.2. The number of nitrogens with zero attached hydrogens (tertiary/aromatic N) is 1. The van der Waals surface area contributed by atoms with Crippen LogP contribution in [0.15, 0.2) is 22.7 Å². The van der Waals surface area contributed by atoms with E-state index in [2.05, 4.69) is 12.1 Å². The molecule has 2 rings (SSSR count). The summed E-state index contributed by atoms with van der Waals surface area (Å²) < 4.78 is 5.37. The van der Waals surface area contributed by atoms with E-state index in [-0.39, 0.29) is 0 Å². The molecule has 0 aliphatic carbocycles. The van der Waals surface area contributed by atoms with E-state index in [9.17, 15) is 0 Å². The minimum atomic E-state index is 0.378. The normalized spacial score (nSPS) is 11.0. The molecule has 0 aliphatic rings. The van der Waals surface area contributed by atoms with Crippen molar-refractivity contribution in [1.29, 1.82) is 0 Å². The highest BCUT2D eigenvalue weighted by molar-refractivity contribution is 6.36. The van der Waals surface area contributed by atoms with Crippen LogP contribution in [0.1, 0.15) is 44.8 Å². The molecule has 1 aromatic carbocycles. The van der Waals surface area contributed by atoms with Crippen LogP contribution in [0.25, 0.3) is 11.1 Å². The highest BCUT2D eigenvalue weighted by Crippen LogP contribution is 2.36. The Kier molecular flexibility index (Phi) is 5.95. The summed E-state index contributed by atoms with van der Waals surface area (Å²) >= 11 is 12.2. The predicted molar refractivity (Wildman–Crippen MR) is 88.8 cm³/mol. The van der Waals surface area contributed by atoms with Crippen LogP contribution in [-0.4, -0.2) is 5.16 Å². The summed E-state index contributed by atoms with van der Waals surface area (Å²) in [5, 5.41) is 5.04. The largest absolute Gasteiger partial charge is 0.380 e. The molecule has 0 spiro atoms. The smallest absolute Gasteiger partial charge is 0.175 e. The van der Waals surface area contributed by atoms with E-state index in [1.165, 1.54) is 25.7 Å². The van der Waals surface area contributed by atoms with Crippen molar-refractivity contribution in [3.05, 3.63) is 34.0 Å². The van der Waals surface area contributed by atoms with Crippen molar-refractivity contribution in [2.24, 2.45) is 0 Å². The minimum Gasteiger partial charge on any atom is -0.380 e. The molecule has 0 unspecified atom stereocenters. The second-order valence-electron chi connectivity index (χ2n) is 5.15. The van der Waals surface area contributed by atoms with Crippen LogP contribution in [0.5, 0.6) is 0 Å². The number of unbranched alkanes of at least 4 members (excludes halogenated alkanes) is 4. The number of hydrogen-bond donors (Lipinski definition) is 1. The third-order valence-corrected chi connectivity index (χ3v) is 4.04. The molecule has 0 atom stereocenters. The molecule has 0 amide bonds. The first kappa shape index (κ1) is 16.2. The molecule has 0 fully saturated rings. The van der Waals surface area contributed by atoms with Crippen LogP contribution < -0.4 is 5.73 Å². The average Bonchev–Trinajstić information content (AvgIpc) is 2.80. The SMILES string of the molecule is CCCCCCCc1onc(N)c1-c1ccc(Cl)cc1Cl. The van der Waals surface area contributed by atoms with Gasteiger partial charge in [-0.2, -0.15) is 0 Å². The number of hydrogen-bond acceptors (Lipinski definition) is 3. The van der Waals surface area contributed by atoms with Gasteiger partial charge in [-0.05, 0) is 18.6 Å². The highest BCUT2D eigenvalue weighted by Gasteiger charge is 2.18. The third kappa shape index (κ3) is 4.14. The third-order valence-electron chi connectivity index (χ3n) is 3.50. The summed E-state index contributed by atoms with van der Waals surface area (Å²) in [6, 6.07) is 5.35. The summed E-state index contributed by atoms with van der Waals surface area (Å²) in [4.78, 5) is 0. The van der Waals surface area contributed by atoms with Gasteiger partial charge in [0.25, 0.3) is 0 Å². The zero-order valence-electron chi connectivity index (χ0n) is 12.2. The summed E-state index contributed by atoms with van der Waals surface area (Å²) in [6.07, 6.45) is 6.82. The lowest BCUT2D eigenvalue weighted by atomic mass is 10.0. The number of aryl methyl sites for hydroxylation is 1. The molecule has 1 aromatic heterocycles. The monoisotopic (exact) mass is 326 g/mol. The van der Waals surface area contributed by atoms with Crippen molar-refractivity contribution in [1.82, 2.24) is 5.16 Å². The van der Waals surface area contributed by atoms with Crippen LogP contribution >= 0.6 is 23.2 Å². The standard InChI is InChI=1S/C16H20Cl2N2O/c1-2-3-4-5-6-7-14-15(16(19)20-21-14)12-9-8-11(17)10-13(12)18/h8-10H,2-7H2,1H3,(H2,19,20). The maximum Gasteiger partial charge on any atom is 0.175 e. The van der Waals surface area contributed by atoms with E-state index in [0.29, 0.717) is 15.9 Å². The van der Waals surface area contributed by atoms with E-state index < -0.39 is 0 Å². The summed E-state index contributed by atoms with van der Waals surface area (Å²) in [7, 11) is 0. The van der Waals surface area contributed by atoms with Gasteiger partial charge >= 0.3 is 0 Å². The fourth-order valence-electron chi connectivity index (χ4n) is 2.38. The van der Waals surface area contributed by atoms with Gasteiger partial charge in [0.2, 0.25) is 0 Å². The molecule has 5 heteroatoms. The van der Waals surface area contributed by atoms with Crippen molar-refractivity contribution in [3.63, 3.8) is 0 Å². The summed E-state index contributed by atoms with van der Waals surface area (Å²) in [5.74, 6) is 1.18. The second kappa shape index (κ2) is 7.71. The lowest BCUT2D eigenvalue weighted by molar-refractivity contribution is 0.381. The number of nitrogen functional groups attached to an aromatic ring is 1. The quantitative estimate of drug-likeness (QED) is 0.659. The average molecular weight is 327 g/mol. The molecule has 0 radical (unpaired) electrons. The molecule has 114 valence electrons. The van der Waals surface area contributed by atoms with Crippen molar-refractivity contribution >= 4 is 29.0 Å². The van der Waals surface area contributed by atoms with E-state index in [4.69, 9.17) is 33.5 Å². The molecule has 0 aliphatic heterocycles. The topological polar surface area (TPSA) is 52.0 Å². The van der Waals surface area contributed by atoms with E-state index in [1.54, 1.807) is 12.1 Å². The first-order valence-electron chi connectivity index (χ1n) is 7.33. The predicted octanol–water partition coefficient (Wildman–Crippen LogP) is 5.74. The fourth-order valence-corrected chi connectivity index (χ4v) is 2.88. The van der Waals surface area contributed by atoms with Crippen LogP contribution in [0, 0.1) is 0 Å². The Hall–Kier alpha value is -1.19. The molecule has 0 bridgehead atoms. The Labute approximate surface area is 135 Å². The van der Waals surface area contributed by atoms with E-state index in [0.717, 1.165) is 29.7 Å². The van der Waals surface area contributed by atoms with Gasteiger partial charge in [-0.25, -0.2) is 0 Å². The number of halogens is 2. The number of anilines is 1. The van der Waals surface area contributed by atoms with Crippen LogP contribution in [0.2, 0.25) is 10.0 Å². The van der Waals surface area contributed by atoms with Gasteiger partial charge in [0.15, 0.2) is 5.82 Å². The zero-order valence-corrected chi connectivity index (χ0v) is 13.7. The van der Waals surface area contributed by atoms with Gasteiger partial charge in [0, 0.05) is 17.0 Å². The molecule has 3 nitrogen and oxygen atoms in total. The molecule has 2 aromatic rings. The van der Waals surface area contributed by atoms with Crippen LogP contribution in [0.3, 0.4) is 0 Å². The first-order valence-corrected chi connectivity index (χ1v) is 8.08. The summed E-state index contributed by atoms with van der Waals surface area (Å²) in [6.45, 7) is 2.21. The lowest BCUT2D eigenvalue weighted by Crippen LogP contribution is -1.92. The number of benzene rings is 1. The Bertz CT molecular complexity index is 596. The molecular formula is C16H20Cl2N2O. The van der Waals surface area contributed by atoms with Crippen LogP contribution in [-0.2, 0) is 6.42 Å². The van der Waals surface area contributed by atoms with E-state index in [1.807, 2.05) is 6.07 Å². The van der Waals surface area contributed by atoms with Crippen molar-refractivity contribution in [2.45, 2.75) is 45.4 Å². The molecule has 0 saturated carbocycles. The fraction of sp³-hybridized carbons (Fsp3) is 0.438. The Morgan fingerprint density at radius 3 is 2.62 bits per heavy atom. The second-order valence-corrected chi connectivity index (χ2v) is 6.00. The van der Waals surface area contributed by atoms with Crippen LogP contribution in [0.4, 0.5) is 5.82 Å². The van der Waals surface area contributed by atoms with E-state index >= 15 is 0 Å². The van der Waals surface area contributed by atoms with Gasteiger partial charge < -0.3 is 10.3 Å². The number of nitrogens with two attached hydrogens (primary N) is 1. The Morgan fingerprint density at radius 1 is 1.14 bits per heavy atom. The minimum absolute atomic E-state index is 0.378. The van der Waals surface area contributed by atoms with Crippen molar-refractivity contribution in [3.8, 4) is 11.1 Å². The van der Waals surface area contributed by atoms with Crippen molar-refractivity contribution < 1.29 is 4.52 Å². The Morgan fingerprint density at radius 2 is 1.90 bits per heavy atom. The van der Waals surface area contributed by atoms with Gasteiger partial charge in [-0.3, -0.25) is 0 Å². The summed E-state index contributed by atoms with van der Waals surface area (Å²) in [5.41, 5.74) is 7.56. The first-order chi connectivity index (χ1) is 10.1. The molecule has 2 N–H and O–H groups in total. The number of rotatable bonds is 7. The molecule has 1 heterocycles. The molecule has 0 saturated heterocycles. The lowest BCUT2D eigenvalue weighted by Gasteiger charge is -2.05. The van der Waals surface area contributed by atoms with Gasteiger partial charge in [0.05, 0.1) is 10.6 Å². The molecular weight excluding hydrogens is 307 g/mol. The van der Waals surface area contributed by atoms with Gasteiger partial charge in [-0.15, -0.1) is 0 Å². The molecule has 21 heavy (non-hydrogen) atoms. The van der Waals surface area contributed by atoms with Gasteiger partial charge in [0.1, 0.15) is 5.76 Å². The highest BCUT2D eigenvalue weighted by atomic mass is 35.5. The maximum absolute atomic E-state index is 6.26.